The van der Waals surface area contributed by atoms with Gasteiger partial charge in [0.15, 0.2) is 5.82 Å². The van der Waals surface area contributed by atoms with Crippen molar-refractivity contribution in [1.82, 2.24) is 19.3 Å². The maximum absolute atomic E-state index is 12.6. The predicted octanol–water partition coefficient (Wildman–Crippen LogP) is 4.01. The molecule has 27 heavy (non-hydrogen) atoms. The highest BCUT2D eigenvalue weighted by molar-refractivity contribution is 6.04. The first-order chi connectivity index (χ1) is 13.2. The zero-order valence-corrected chi connectivity index (χ0v) is 14.9. The Kier molecular flexibility index (Phi) is 4.53. The van der Waals surface area contributed by atoms with Crippen molar-refractivity contribution in [2.24, 2.45) is 0 Å². The molecule has 1 amide bonds. The number of carbonyl (C=O) groups is 1. The van der Waals surface area contributed by atoms with E-state index in [4.69, 9.17) is 0 Å². The van der Waals surface area contributed by atoms with Crippen molar-refractivity contribution < 1.29 is 4.79 Å². The van der Waals surface area contributed by atoms with Gasteiger partial charge in [-0.25, -0.2) is 0 Å². The van der Waals surface area contributed by atoms with Crippen molar-refractivity contribution >= 4 is 11.6 Å². The van der Waals surface area contributed by atoms with Crippen LogP contribution in [0.1, 0.15) is 17.3 Å². The van der Waals surface area contributed by atoms with Crippen molar-refractivity contribution in [3.05, 3.63) is 84.9 Å². The van der Waals surface area contributed by atoms with Gasteiger partial charge in [-0.3, -0.25) is 4.79 Å². The fourth-order valence-electron chi connectivity index (χ4n) is 2.93. The van der Waals surface area contributed by atoms with Gasteiger partial charge in [0.2, 0.25) is 0 Å². The van der Waals surface area contributed by atoms with E-state index in [1.165, 1.54) is 0 Å². The average molecular weight is 357 g/mol. The third-order valence-electron chi connectivity index (χ3n) is 4.37. The minimum absolute atomic E-state index is 0.150. The summed E-state index contributed by atoms with van der Waals surface area (Å²) in [5, 5.41) is 11.0. The van der Waals surface area contributed by atoms with Crippen LogP contribution in [-0.4, -0.2) is 25.2 Å². The number of aromatic nitrogens is 4. The summed E-state index contributed by atoms with van der Waals surface area (Å²) in [6.45, 7) is 2.83. The van der Waals surface area contributed by atoms with Crippen LogP contribution in [0.25, 0.3) is 17.1 Å². The van der Waals surface area contributed by atoms with E-state index < -0.39 is 0 Å². The average Bonchev–Trinajstić information content (AvgIpc) is 3.40. The van der Waals surface area contributed by atoms with Crippen LogP contribution < -0.4 is 5.32 Å². The van der Waals surface area contributed by atoms with Crippen LogP contribution in [0.5, 0.6) is 0 Å². The number of anilines is 1. The van der Waals surface area contributed by atoms with E-state index in [1.54, 1.807) is 18.5 Å². The Balaban J connectivity index is 1.51. The molecule has 4 rings (SSSR count). The highest BCUT2D eigenvalue weighted by Gasteiger charge is 2.10. The minimum Gasteiger partial charge on any atom is -0.324 e. The maximum Gasteiger partial charge on any atom is 0.255 e. The maximum atomic E-state index is 12.6. The van der Waals surface area contributed by atoms with E-state index in [0.29, 0.717) is 5.56 Å². The van der Waals surface area contributed by atoms with Crippen molar-refractivity contribution in [1.29, 1.82) is 0 Å². The zero-order valence-electron chi connectivity index (χ0n) is 14.9. The monoisotopic (exact) mass is 357 g/mol. The summed E-state index contributed by atoms with van der Waals surface area (Å²) in [6.07, 6.45) is 5.64. The van der Waals surface area contributed by atoms with Crippen LogP contribution in [-0.2, 0) is 6.54 Å². The second-order valence-corrected chi connectivity index (χ2v) is 6.11. The Morgan fingerprint density at radius 1 is 1.04 bits per heavy atom. The lowest BCUT2D eigenvalue weighted by atomic mass is 10.1. The van der Waals surface area contributed by atoms with Gasteiger partial charge < -0.3 is 14.5 Å². The smallest absolute Gasteiger partial charge is 0.255 e. The van der Waals surface area contributed by atoms with Crippen LogP contribution in [0.3, 0.4) is 0 Å². The Morgan fingerprint density at radius 3 is 2.56 bits per heavy atom. The fourth-order valence-corrected chi connectivity index (χ4v) is 2.93. The number of nitrogens with one attached hydrogen (secondary N) is 1. The number of carbonyl (C=O) groups excluding carboxylic acids is 1. The minimum atomic E-state index is -0.150. The van der Waals surface area contributed by atoms with Crippen LogP contribution >= 0.6 is 0 Å². The highest BCUT2D eigenvalue weighted by atomic mass is 16.1. The number of amides is 1. The molecule has 0 bridgehead atoms. The summed E-state index contributed by atoms with van der Waals surface area (Å²) in [6, 6.07) is 19.0. The molecule has 0 saturated carbocycles. The molecule has 134 valence electrons. The van der Waals surface area contributed by atoms with Gasteiger partial charge in [0.1, 0.15) is 6.33 Å². The molecule has 0 aliphatic rings. The second kappa shape index (κ2) is 7.29. The Hall–Kier alpha value is -3.67. The van der Waals surface area contributed by atoms with Gasteiger partial charge in [0.05, 0.1) is 0 Å². The van der Waals surface area contributed by atoms with Gasteiger partial charge in [-0.2, -0.15) is 0 Å². The summed E-state index contributed by atoms with van der Waals surface area (Å²) in [5.41, 5.74) is 3.27. The molecule has 6 nitrogen and oxygen atoms in total. The first kappa shape index (κ1) is 16.8. The lowest BCUT2D eigenvalue weighted by molar-refractivity contribution is 0.102. The molecule has 6 heteroatoms. The van der Waals surface area contributed by atoms with E-state index >= 15 is 0 Å². The van der Waals surface area contributed by atoms with Crippen LogP contribution in [0.15, 0.2) is 79.4 Å². The lowest BCUT2D eigenvalue weighted by Crippen LogP contribution is -2.12. The Morgan fingerprint density at radius 2 is 1.81 bits per heavy atom. The topological polar surface area (TPSA) is 64.7 Å². The lowest BCUT2D eigenvalue weighted by Gasteiger charge is -2.09. The third kappa shape index (κ3) is 3.50. The van der Waals surface area contributed by atoms with Crippen LogP contribution in [0, 0.1) is 0 Å². The largest absolute Gasteiger partial charge is 0.324 e. The molecule has 0 aliphatic heterocycles. The van der Waals surface area contributed by atoms with Crippen molar-refractivity contribution in [2.75, 3.05) is 5.32 Å². The normalized spacial score (nSPS) is 10.7. The molecule has 2 heterocycles. The van der Waals surface area contributed by atoms with E-state index in [2.05, 4.69) is 15.5 Å². The van der Waals surface area contributed by atoms with Gasteiger partial charge in [0.25, 0.3) is 5.91 Å². The molecule has 4 aromatic rings. The Bertz CT molecular complexity index is 1050. The van der Waals surface area contributed by atoms with Crippen LogP contribution in [0.4, 0.5) is 5.69 Å². The zero-order chi connectivity index (χ0) is 18.6. The molecule has 0 unspecified atom stereocenters. The number of benzene rings is 2. The molecule has 2 aromatic heterocycles. The Labute approximate surface area is 157 Å². The number of nitrogens with zero attached hydrogens (tertiary/aromatic N) is 4. The molecule has 0 spiro atoms. The van der Waals surface area contributed by atoms with Gasteiger partial charge in [-0.05, 0) is 49.4 Å². The number of hydrogen-bond donors (Lipinski definition) is 1. The highest BCUT2D eigenvalue weighted by Crippen LogP contribution is 2.19. The molecule has 0 aliphatic carbocycles. The number of rotatable bonds is 5. The first-order valence-corrected chi connectivity index (χ1v) is 8.77. The van der Waals surface area contributed by atoms with Crippen molar-refractivity contribution in [3.8, 4) is 17.1 Å². The van der Waals surface area contributed by atoms with E-state index in [-0.39, 0.29) is 5.91 Å². The van der Waals surface area contributed by atoms with Gasteiger partial charge >= 0.3 is 0 Å². The number of aryl methyl sites for hydroxylation is 1. The van der Waals surface area contributed by atoms with E-state index in [0.717, 1.165) is 29.3 Å². The summed E-state index contributed by atoms with van der Waals surface area (Å²) in [4.78, 5) is 12.6. The van der Waals surface area contributed by atoms with Crippen molar-refractivity contribution in [3.63, 3.8) is 0 Å². The molecular formula is C21H19N5O. The summed E-state index contributed by atoms with van der Waals surface area (Å²) >= 11 is 0. The van der Waals surface area contributed by atoms with E-state index in [1.807, 2.05) is 77.0 Å². The number of hydrogen-bond acceptors (Lipinski definition) is 3. The molecule has 0 saturated heterocycles. The molecular weight excluding hydrogens is 338 g/mol. The molecule has 2 aromatic carbocycles. The van der Waals surface area contributed by atoms with Gasteiger partial charge in [-0.15, -0.1) is 10.2 Å². The molecule has 1 N–H and O–H groups in total. The quantitative estimate of drug-likeness (QED) is 0.587. The SMILES string of the molecule is CCn1cnnc1-c1ccc(C(=O)Nc2cccc(-n3cccc3)c2)cc1. The standard InChI is InChI=1S/C21H19N5O/c1-2-25-15-22-24-20(25)16-8-10-17(11-9-16)21(27)23-18-6-5-7-19(14-18)26-12-3-4-13-26/h3-15H,2H2,1H3,(H,23,27). The third-order valence-corrected chi connectivity index (χ3v) is 4.37. The molecule has 0 atom stereocenters. The first-order valence-electron chi connectivity index (χ1n) is 8.77. The molecule has 0 radical (unpaired) electrons. The summed E-state index contributed by atoms with van der Waals surface area (Å²) in [7, 11) is 0. The predicted molar refractivity (Wildman–Crippen MR) is 105 cm³/mol. The van der Waals surface area contributed by atoms with Crippen molar-refractivity contribution in [2.45, 2.75) is 13.5 Å². The van der Waals surface area contributed by atoms with Gasteiger partial charge in [0, 0.05) is 41.4 Å². The summed E-state index contributed by atoms with van der Waals surface area (Å²) in [5.74, 6) is 0.645. The summed E-state index contributed by atoms with van der Waals surface area (Å²) < 4.78 is 3.95. The van der Waals surface area contributed by atoms with Crippen LogP contribution in [0.2, 0.25) is 0 Å². The second-order valence-electron chi connectivity index (χ2n) is 6.11. The molecule has 0 fully saturated rings. The van der Waals surface area contributed by atoms with E-state index in [9.17, 15) is 4.79 Å². The fraction of sp³-hybridized carbons (Fsp3) is 0.0952. The van der Waals surface area contributed by atoms with Gasteiger partial charge in [-0.1, -0.05) is 18.2 Å².